The summed E-state index contributed by atoms with van der Waals surface area (Å²) in [5.74, 6) is -1.03. The molecule has 1 fully saturated rings. The van der Waals surface area contributed by atoms with Crippen LogP contribution in [-0.2, 0) is 0 Å². The molecule has 4 rings (SSSR count). The maximum Gasteiger partial charge on any atom is 0.256 e. The van der Waals surface area contributed by atoms with Gasteiger partial charge in [0.05, 0.1) is 22.5 Å². The Kier molecular flexibility index (Phi) is 4.66. The average molecular weight is 382 g/mol. The van der Waals surface area contributed by atoms with Gasteiger partial charge in [0.25, 0.3) is 5.91 Å². The summed E-state index contributed by atoms with van der Waals surface area (Å²) in [5.41, 5.74) is 3.40. The zero-order valence-corrected chi connectivity index (χ0v) is 15.7. The summed E-state index contributed by atoms with van der Waals surface area (Å²) >= 11 is 0. The Hall–Kier alpha value is -3.09. The fourth-order valence-corrected chi connectivity index (χ4v) is 3.45. The summed E-state index contributed by atoms with van der Waals surface area (Å²) < 4.78 is 27.2. The first kappa shape index (κ1) is 18.3. The maximum atomic E-state index is 14.1. The number of amides is 1. The zero-order chi connectivity index (χ0) is 19.8. The molecule has 5 nitrogen and oxygen atoms in total. The van der Waals surface area contributed by atoms with Crippen LogP contribution in [0.2, 0.25) is 0 Å². The van der Waals surface area contributed by atoms with Crippen molar-refractivity contribution in [2.45, 2.75) is 13.8 Å². The number of aryl methyl sites for hydroxylation is 2. The summed E-state index contributed by atoms with van der Waals surface area (Å²) in [4.78, 5) is 25.7. The molecular weight excluding hydrogens is 362 g/mol. The summed E-state index contributed by atoms with van der Waals surface area (Å²) in [6.45, 7) is 5.85. The van der Waals surface area contributed by atoms with Gasteiger partial charge in [-0.2, -0.15) is 0 Å². The highest BCUT2D eigenvalue weighted by molar-refractivity contribution is 6.04. The van der Waals surface area contributed by atoms with E-state index in [4.69, 9.17) is 0 Å². The molecule has 0 spiro atoms. The smallest absolute Gasteiger partial charge is 0.256 e. The molecule has 0 atom stereocenters. The minimum Gasteiger partial charge on any atom is -0.368 e. The van der Waals surface area contributed by atoms with Gasteiger partial charge in [-0.3, -0.25) is 4.79 Å². The van der Waals surface area contributed by atoms with E-state index in [-0.39, 0.29) is 17.3 Å². The van der Waals surface area contributed by atoms with Gasteiger partial charge in [-0.1, -0.05) is 0 Å². The molecule has 0 radical (unpaired) electrons. The maximum absolute atomic E-state index is 14.1. The van der Waals surface area contributed by atoms with E-state index < -0.39 is 5.82 Å². The molecule has 0 unspecified atom stereocenters. The standard InChI is InChI=1S/C21H20F2N4O/c1-13-14(2)25-20-18(11-16(23)12-19(20)24-13)21(28)27-9-7-26(8-10-27)17-5-3-15(22)4-6-17/h3-6,11-12H,7-10H2,1-2H3. The number of carbonyl (C=O) groups is 1. The number of benzene rings is 2. The molecule has 1 amide bonds. The number of hydrogen-bond acceptors (Lipinski definition) is 4. The third kappa shape index (κ3) is 3.40. The molecule has 1 saturated heterocycles. The minimum absolute atomic E-state index is 0.237. The number of nitrogens with zero attached hydrogens (tertiary/aromatic N) is 4. The second-order valence-electron chi connectivity index (χ2n) is 6.97. The molecular formula is C21H20F2N4O. The predicted molar refractivity (Wildman–Crippen MR) is 103 cm³/mol. The van der Waals surface area contributed by atoms with Gasteiger partial charge in [0.1, 0.15) is 17.2 Å². The molecule has 0 aliphatic carbocycles. The second kappa shape index (κ2) is 7.14. The van der Waals surface area contributed by atoms with Gasteiger partial charge in [0.2, 0.25) is 0 Å². The van der Waals surface area contributed by atoms with Crippen molar-refractivity contribution in [2.75, 3.05) is 31.1 Å². The van der Waals surface area contributed by atoms with Crippen molar-refractivity contribution >= 4 is 22.6 Å². The molecule has 1 aliphatic rings. The van der Waals surface area contributed by atoms with Crippen LogP contribution in [0.5, 0.6) is 0 Å². The lowest BCUT2D eigenvalue weighted by molar-refractivity contribution is 0.0748. The number of piperazine rings is 1. The lowest BCUT2D eigenvalue weighted by Gasteiger charge is -2.36. The third-order valence-electron chi connectivity index (χ3n) is 5.13. The quantitative estimate of drug-likeness (QED) is 0.681. The predicted octanol–water partition coefficient (Wildman–Crippen LogP) is 3.49. The highest BCUT2D eigenvalue weighted by atomic mass is 19.1. The van der Waals surface area contributed by atoms with E-state index in [1.807, 2.05) is 13.8 Å². The monoisotopic (exact) mass is 382 g/mol. The molecule has 3 aromatic rings. The Morgan fingerprint density at radius 2 is 1.54 bits per heavy atom. The van der Waals surface area contributed by atoms with Crippen molar-refractivity contribution in [1.29, 1.82) is 0 Å². The van der Waals surface area contributed by atoms with Crippen molar-refractivity contribution in [3.05, 3.63) is 65.0 Å². The summed E-state index contributed by atoms with van der Waals surface area (Å²) in [6.07, 6.45) is 0. The van der Waals surface area contributed by atoms with Crippen LogP contribution in [0.25, 0.3) is 11.0 Å². The first-order chi connectivity index (χ1) is 13.4. The number of carbonyl (C=O) groups excluding carboxylic acids is 1. The Morgan fingerprint density at radius 3 is 2.21 bits per heavy atom. The van der Waals surface area contributed by atoms with E-state index in [9.17, 15) is 13.6 Å². The molecule has 2 heterocycles. The molecule has 2 aromatic carbocycles. The van der Waals surface area contributed by atoms with E-state index in [2.05, 4.69) is 14.9 Å². The van der Waals surface area contributed by atoms with Gasteiger partial charge in [-0.15, -0.1) is 0 Å². The Labute approximate surface area is 161 Å². The van der Waals surface area contributed by atoms with Crippen LogP contribution < -0.4 is 4.90 Å². The van der Waals surface area contributed by atoms with Gasteiger partial charge < -0.3 is 9.80 Å². The molecule has 7 heteroatoms. The van der Waals surface area contributed by atoms with Crippen molar-refractivity contribution < 1.29 is 13.6 Å². The van der Waals surface area contributed by atoms with Gasteiger partial charge in [-0.05, 0) is 44.2 Å². The molecule has 0 N–H and O–H groups in total. The van der Waals surface area contributed by atoms with E-state index in [1.54, 1.807) is 17.0 Å². The van der Waals surface area contributed by atoms with Gasteiger partial charge in [-0.25, -0.2) is 18.7 Å². The normalized spacial score (nSPS) is 14.6. The minimum atomic E-state index is -0.502. The first-order valence-corrected chi connectivity index (χ1v) is 9.16. The lowest BCUT2D eigenvalue weighted by Crippen LogP contribution is -2.48. The Bertz CT molecular complexity index is 1040. The van der Waals surface area contributed by atoms with Crippen LogP contribution in [0, 0.1) is 25.5 Å². The topological polar surface area (TPSA) is 49.3 Å². The fourth-order valence-electron chi connectivity index (χ4n) is 3.45. The van der Waals surface area contributed by atoms with Gasteiger partial charge in [0.15, 0.2) is 0 Å². The summed E-state index contributed by atoms with van der Waals surface area (Å²) in [7, 11) is 0. The molecule has 1 aromatic heterocycles. The number of rotatable bonds is 2. The van der Waals surface area contributed by atoms with E-state index >= 15 is 0 Å². The number of anilines is 1. The van der Waals surface area contributed by atoms with Crippen LogP contribution in [0.15, 0.2) is 36.4 Å². The van der Waals surface area contributed by atoms with Gasteiger partial charge >= 0.3 is 0 Å². The molecule has 144 valence electrons. The van der Waals surface area contributed by atoms with E-state index in [1.165, 1.54) is 24.3 Å². The number of fused-ring (bicyclic) bond motifs is 1. The summed E-state index contributed by atoms with van der Waals surface area (Å²) in [6, 6.07) is 8.85. The van der Waals surface area contributed by atoms with E-state index in [0.29, 0.717) is 48.6 Å². The molecule has 28 heavy (non-hydrogen) atoms. The third-order valence-corrected chi connectivity index (χ3v) is 5.13. The largest absolute Gasteiger partial charge is 0.368 e. The van der Waals surface area contributed by atoms with Crippen molar-refractivity contribution in [3.63, 3.8) is 0 Å². The highest BCUT2D eigenvalue weighted by Crippen LogP contribution is 2.22. The molecule has 0 bridgehead atoms. The van der Waals surface area contributed by atoms with Crippen LogP contribution in [0.3, 0.4) is 0 Å². The highest BCUT2D eigenvalue weighted by Gasteiger charge is 2.25. The van der Waals surface area contributed by atoms with Gasteiger partial charge in [0, 0.05) is 37.9 Å². The Morgan fingerprint density at radius 1 is 0.893 bits per heavy atom. The van der Waals surface area contributed by atoms with Crippen molar-refractivity contribution in [2.24, 2.45) is 0 Å². The van der Waals surface area contributed by atoms with Crippen LogP contribution in [-0.4, -0.2) is 47.0 Å². The van der Waals surface area contributed by atoms with Crippen LogP contribution in [0.4, 0.5) is 14.5 Å². The Balaban J connectivity index is 1.57. The van der Waals surface area contributed by atoms with Crippen molar-refractivity contribution in [1.82, 2.24) is 14.9 Å². The fraction of sp³-hybridized carbons (Fsp3) is 0.286. The second-order valence-corrected chi connectivity index (χ2v) is 6.97. The SMILES string of the molecule is Cc1nc2cc(F)cc(C(=O)N3CCN(c4ccc(F)cc4)CC3)c2nc1C. The van der Waals surface area contributed by atoms with E-state index in [0.717, 1.165) is 5.69 Å². The summed E-state index contributed by atoms with van der Waals surface area (Å²) in [5, 5.41) is 0. The number of halogens is 2. The van der Waals surface area contributed by atoms with Crippen LogP contribution in [0.1, 0.15) is 21.7 Å². The lowest BCUT2D eigenvalue weighted by atomic mass is 10.1. The average Bonchev–Trinajstić information content (AvgIpc) is 2.69. The number of hydrogen-bond donors (Lipinski definition) is 0. The van der Waals surface area contributed by atoms with Crippen LogP contribution >= 0.6 is 0 Å². The number of aromatic nitrogens is 2. The molecule has 1 aliphatic heterocycles. The zero-order valence-electron chi connectivity index (χ0n) is 15.7. The first-order valence-electron chi connectivity index (χ1n) is 9.16. The molecule has 0 saturated carbocycles. The van der Waals surface area contributed by atoms with Crippen molar-refractivity contribution in [3.8, 4) is 0 Å².